The number of nitrogen functional groups attached to an aromatic ring is 1. The molecule has 1 atom stereocenters. The molecule has 7 nitrogen and oxygen atoms in total. The van der Waals surface area contributed by atoms with Crippen LogP contribution in [0.15, 0.2) is 41.6 Å². The number of hydrogen-bond donors (Lipinski definition) is 1. The van der Waals surface area contributed by atoms with Crippen LogP contribution in [0.4, 0.5) is 11.6 Å². The molecule has 0 saturated carbocycles. The van der Waals surface area contributed by atoms with E-state index in [2.05, 4.69) is 51.1 Å². The van der Waals surface area contributed by atoms with E-state index < -0.39 is 0 Å². The Hall–Kier alpha value is -2.32. The fraction of sp³-hybridized carbons (Fsp3) is 0.421. The molecule has 8 heteroatoms. The number of carbonyl (C=O) groups excluding carboxylic acids is 1. The molecule has 0 aliphatic carbocycles. The van der Waals surface area contributed by atoms with Gasteiger partial charge < -0.3 is 15.5 Å². The SMILES string of the molecule is CN(C)C(=O)CSc1nc(N)cc(N2CCN(C)[C@H](c3ccccc3)C2)n1. The van der Waals surface area contributed by atoms with Gasteiger partial charge in [0.15, 0.2) is 5.16 Å². The minimum Gasteiger partial charge on any atom is -0.383 e. The van der Waals surface area contributed by atoms with Crippen molar-refractivity contribution in [3.05, 3.63) is 42.0 Å². The first-order valence-electron chi connectivity index (χ1n) is 8.91. The normalized spacial score (nSPS) is 17.7. The van der Waals surface area contributed by atoms with Gasteiger partial charge in [-0.2, -0.15) is 0 Å². The largest absolute Gasteiger partial charge is 0.383 e. The second-order valence-corrected chi connectivity index (χ2v) is 7.81. The first-order chi connectivity index (χ1) is 12.9. The van der Waals surface area contributed by atoms with Crippen LogP contribution in [0.2, 0.25) is 0 Å². The van der Waals surface area contributed by atoms with Crippen LogP contribution in [-0.4, -0.2) is 72.2 Å². The van der Waals surface area contributed by atoms with Crippen molar-refractivity contribution in [1.29, 1.82) is 0 Å². The Bertz CT molecular complexity index is 785. The number of rotatable bonds is 5. The molecule has 144 valence electrons. The first-order valence-corrected chi connectivity index (χ1v) is 9.90. The minimum absolute atomic E-state index is 0.0244. The number of anilines is 2. The van der Waals surface area contributed by atoms with Crippen LogP contribution < -0.4 is 10.6 Å². The molecule has 0 spiro atoms. The summed E-state index contributed by atoms with van der Waals surface area (Å²) in [5, 5.41) is 0.537. The van der Waals surface area contributed by atoms with E-state index in [0.717, 1.165) is 25.5 Å². The standard InChI is InChI=1S/C19H26N6OS/c1-23(2)18(26)13-27-19-21-16(20)11-17(22-19)25-10-9-24(3)15(12-25)14-7-5-4-6-8-14/h4-8,11,15H,9-10,12-13H2,1-3H3,(H2,20,21,22)/t15-/m0/s1. The molecule has 1 fully saturated rings. The van der Waals surface area contributed by atoms with Crippen LogP contribution in [0.5, 0.6) is 0 Å². The van der Waals surface area contributed by atoms with Gasteiger partial charge in [-0.25, -0.2) is 9.97 Å². The van der Waals surface area contributed by atoms with Crippen molar-refractivity contribution < 1.29 is 4.79 Å². The van der Waals surface area contributed by atoms with E-state index in [1.807, 2.05) is 12.1 Å². The summed E-state index contributed by atoms with van der Waals surface area (Å²) < 4.78 is 0. The summed E-state index contributed by atoms with van der Waals surface area (Å²) in [4.78, 5) is 26.9. The molecule has 0 radical (unpaired) electrons. The topological polar surface area (TPSA) is 78.6 Å². The average Bonchev–Trinajstić information content (AvgIpc) is 2.66. The number of aromatic nitrogens is 2. The fourth-order valence-corrected chi connectivity index (χ4v) is 3.87. The van der Waals surface area contributed by atoms with Gasteiger partial charge in [-0.15, -0.1) is 0 Å². The molecule has 2 aromatic rings. The maximum Gasteiger partial charge on any atom is 0.232 e. The highest BCUT2D eigenvalue weighted by atomic mass is 32.2. The van der Waals surface area contributed by atoms with E-state index in [9.17, 15) is 4.79 Å². The number of carbonyl (C=O) groups is 1. The lowest BCUT2D eigenvalue weighted by molar-refractivity contribution is -0.125. The summed E-state index contributed by atoms with van der Waals surface area (Å²) in [6.45, 7) is 2.64. The lowest BCUT2D eigenvalue weighted by Gasteiger charge is -2.40. The smallest absolute Gasteiger partial charge is 0.232 e. The summed E-state index contributed by atoms with van der Waals surface area (Å²) in [6.07, 6.45) is 0. The molecule has 0 unspecified atom stereocenters. The van der Waals surface area contributed by atoms with Gasteiger partial charge in [-0.05, 0) is 12.6 Å². The van der Waals surface area contributed by atoms with Crippen LogP contribution in [0.1, 0.15) is 11.6 Å². The molecular weight excluding hydrogens is 360 g/mol. The molecule has 2 heterocycles. The fourth-order valence-electron chi connectivity index (χ4n) is 3.03. The van der Waals surface area contributed by atoms with Gasteiger partial charge in [0.2, 0.25) is 5.91 Å². The van der Waals surface area contributed by atoms with Gasteiger partial charge in [0.1, 0.15) is 11.6 Å². The van der Waals surface area contributed by atoms with E-state index in [0.29, 0.717) is 22.8 Å². The average molecular weight is 387 g/mol. The molecule has 1 aliphatic rings. The van der Waals surface area contributed by atoms with Crippen LogP contribution >= 0.6 is 11.8 Å². The Kier molecular flexibility index (Phi) is 6.18. The third-order valence-electron chi connectivity index (χ3n) is 4.69. The summed E-state index contributed by atoms with van der Waals surface area (Å²) in [7, 11) is 5.63. The lowest BCUT2D eigenvalue weighted by atomic mass is 10.0. The second kappa shape index (κ2) is 8.58. The zero-order chi connectivity index (χ0) is 19.4. The van der Waals surface area contributed by atoms with Gasteiger partial charge in [0, 0.05) is 39.8 Å². The number of piperazine rings is 1. The highest BCUT2D eigenvalue weighted by molar-refractivity contribution is 7.99. The Balaban J connectivity index is 1.76. The lowest BCUT2D eigenvalue weighted by Crippen LogP contribution is -2.47. The zero-order valence-electron chi connectivity index (χ0n) is 16.0. The molecule has 1 aromatic heterocycles. The van der Waals surface area contributed by atoms with Crippen molar-refractivity contribution in [3.8, 4) is 0 Å². The highest BCUT2D eigenvalue weighted by Gasteiger charge is 2.27. The molecule has 1 aromatic carbocycles. The Morgan fingerprint density at radius 3 is 2.70 bits per heavy atom. The number of benzene rings is 1. The molecule has 3 rings (SSSR count). The van der Waals surface area contributed by atoms with Gasteiger partial charge in [-0.3, -0.25) is 9.69 Å². The van der Waals surface area contributed by atoms with Gasteiger partial charge in [0.05, 0.1) is 11.8 Å². The minimum atomic E-state index is 0.0244. The maximum atomic E-state index is 11.8. The molecule has 2 N–H and O–H groups in total. The first kappa shape index (κ1) is 19.4. The van der Waals surface area contributed by atoms with E-state index in [1.165, 1.54) is 17.3 Å². The molecule has 1 saturated heterocycles. The van der Waals surface area contributed by atoms with Crippen molar-refractivity contribution in [2.45, 2.75) is 11.2 Å². The number of hydrogen-bond acceptors (Lipinski definition) is 7. The second-order valence-electron chi connectivity index (χ2n) is 6.86. The predicted octanol–water partition coefficient (Wildman–Crippen LogP) is 1.73. The van der Waals surface area contributed by atoms with Crippen molar-refractivity contribution >= 4 is 29.3 Å². The zero-order valence-corrected chi connectivity index (χ0v) is 16.8. The van der Waals surface area contributed by atoms with Crippen molar-refractivity contribution in [2.75, 3.05) is 57.2 Å². The molecule has 1 amide bonds. The van der Waals surface area contributed by atoms with Crippen LogP contribution in [0, 0.1) is 0 Å². The van der Waals surface area contributed by atoms with E-state index in [4.69, 9.17) is 5.73 Å². The molecule has 27 heavy (non-hydrogen) atoms. The third-order valence-corrected chi connectivity index (χ3v) is 5.52. The van der Waals surface area contributed by atoms with E-state index in [1.54, 1.807) is 19.0 Å². The Morgan fingerprint density at radius 1 is 1.26 bits per heavy atom. The predicted molar refractivity (Wildman–Crippen MR) is 110 cm³/mol. The summed E-state index contributed by atoms with van der Waals surface area (Å²) in [6, 6.07) is 12.6. The van der Waals surface area contributed by atoms with Crippen LogP contribution in [0.3, 0.4) is 0 Å². The quantitative estimate of drug-likeness (QED) is 0.619. The van der Waals surface area contributed by atoms with Gasteiger partial charge >= 0.3 is 0 Å². The summed E-state index contributed by atoms with van der Waals surface area (Å²) in [5.74, 6) is 1.56. The van der Waals surface area contributed by atoms with Crippen molar-refractivity contribution in [1.82, 2.24) is 19.8 Å². The Morgan fingerprint density at radius 2 is 2.00 bits per heavy atom. The maximum absolute atomic E-state index is 11.8. The molecular formula is C19H26N6OS. The molecule has 0 bridgehead atoms. The number of thioether (sulfide) groups is 1. The number of amides is 1. The summed E-state index contributed by atoms with van der Waals surface area (Å²) in [5.41, 5.74) is 7.30. The van der Waals surface area contributed by atoms with Gasteiger partial charge in [0.25, 0.3) is 0 Å². The number of likely N-dealkylation sites (N-methyl/N-ethyl adjacent to an activating group) is 1. The molecule has 1 aliphatic heterocycles. The van der Waals surface area contributed by atoms with Crippen molar-refractivity contribution in [3.63, 3.8) is 0 Å². The Labute approximate surface area is 164 Å². The summed E-state index contributed by atoms with van der Waals surface area (Å²) >= 11 is 1.32. The number of nitrogens with zero attached hydrogens (tertiary/aromatic N) is 5. The van der Waals surface area contributed by atoms with Crippen LogP contribution in [0.25, 0.3) is 0 Å². The van der Waals surface area contributed by atoms with Crippen LogP contribution in [-0.2, 0) is 4.79 Å². The third kappa shape index (κ3) is 4.90. The van der Waals surface area contributed by atoms with E-state index >= 15 is 0 Å². The van der Waals surface area contributed by atoms with Gasteiger partial charge in [-0.1, -0.05) is 42.1 Å². The van der Waals surface area contributed by atoms with Crippen molar-refractivity contribution in [2.24, 2.45) is 0 Å². The highest BCUT2D eigenvalue weighted by Crippen LogP contribution is 2.28. The van der Waals surface area contributed by atoms with E-state index in [-0.39, 0.29) is 5.91 Å². The monoisotopic (exact) mass is 386 g/mol. The number of nitrogens with two attached hydrogens (primary N) is 1.